The fraction of sp³-hybridized carbons (Fsp3) is 0.419. The highest BCUT2D eigenvalue weighted by Gasteiger charge is 2.42. The summed E-state index contributed by atoms with van der Waals surface area (Å²) in [6.07, 6.45) is 0.853. The van der Waals surface area contributed by atoms with Crippen LogP contribution in [-0.4, -0.2) is 44.3 Å². The molecule has 2 aromatic carbocycles. The zero-order chi connectivity index (χ0) is 28.3. The molecule has 0 unspecified atom stereocenters. The van der Waals surface area contributed by atoms with E-state index in [-0.39, 0.29) is 36.4 Å². The molecule has 2 atom stereocenters. The van der Waals surface area contributed by atoms with Crippen LogP contribution in [0.1, 0.15) is 63.5 Å². The number of hydrogen-bond donors (Lipinski definition) is 2. The molecule has 2 N–H and O–H groups in total. The lowest BCUT2D eigenvalue weighted by Gasteiger charge is -2.37. The van der Waals surface area contributed by atoms with E-state index in [2.05, 4.69) is 5.32 Å². The Morgan fingerprint density at radius 1 is 1.03 bits per heavy atom. The summed E-state index contributed by atoms with van der Waals surface area (Å²) in [6.45, 7) is 8.23. The summed E-state index contributed by atoms with van der Waals surface area (Å²) in [4.78, 5) is 27.3. The third kappa shape index (κ3) is 5.75. The first-order chi connectivity index (χ1) is 18.7. The molecule has 208 valence electrons. The molecule has 2 aromatic rings. The number of allylic oxidation sites excluding steroid dienone is 3. The maximum Gasteiger partial charge on any atom is 0.336 e. The van der Waals surface area contributed by atoms with Gasteiger partial charge in [-0.2, -0.15) is 0 Å². The summed E-state index contributed by atoms with van der Waals surface area (Å²) in [5.74, 6) is 0.440. The highest BCUT2D eigenvalue weighted by molar-refractivity contribution is 6.04. The number of carbonyl (C=O) groups is 2. The lowest BCUT2D eigenvalue weighted by atomic mass is 9.71. The number of phenols is 1. The lowest BCUT2D eigenvalue weighted by Crippen LogP contribution is -2.36. The second-order valence-corrected chi connectivity index (χ2v) is 10.3. The third-order valence-corrected chi connectivity index (χ3v) is 7.09. The number of ether oxygens (including phenoxy) is 4. The molecule has 8 nitrogen and oxygen atoms in total. The van der Waals surface area contributed by atoms with Crippen LogP contribution in [0.25, 0.3) is 0 Å². The number of Topliss-reactive ketones (excluding diaryl/α,β-unsaturated/α-hetero) is 1. The predicted octanol–water partition coefficient (Wildman–Crippen LogP) is 5.37. The van der Waals surface area contributed by atoms with Gasteiger partial charge < -0.3 is 29.4 Å². The number of ketones is 1. The third-order valence-electron chi connectivity index (χ3n) is 7.09. The molecule has 39 heavy (non-hydrogen) atoms. The van der Waals surface area contributed by atoms with Crippen LogP contribution in [0.5, 0.6) is 23.0 Å². The molecule has 0 bridgehead atoms. The monoisotopic (exact) mass is 535 g/mol. The maximum atomic E-state index is 13.9. The van der Waals surface area contributed by atoms with E-state index < -0.39 is 11.9 Å². The number of aromatic hydroxyl groups is 1. The highest BCUT2D eigenvalue weighted by atomic mass is 16.5. The van der Waals surface area contributed by atoms with Gasteiger partial charge in [0.1, 0.15) is 0 Å². The van der Waals surface area contributed by atoms with E-state index in [9.17, 15) is 14.7 Å². The summed E-state index contributed by atoms with van der Waals surface area (Å²) in [7, 11) is 3.17. The molecule has 0 aromatic heterocycles. The van der Waals surface area contributed by atoms with E-state index in [0.717, 1.165) is 11.3 Å². The van der Waals surface area contributed by atoms with Crippen molar-refractivity contribution < 1.29 is 33.6 Å². The van der Waals surface area contributed by atoms with Crippen molar-refractivity contribution in [3.05, 3.63) is 70.1 Å². The molecule has 0 fully saturated rings. The van der Waals surface area contributed by atoms with Gasteiger partial charge in [-0.3, -0.25) is 4.79 Å². The quantitative estimate of drug-likeness (QED) is 0.413. The molecule has 2 aliphatic rings. The molecule has 1 heterocycles. The van der Waals surface area contributed by atoms with Gasteiger partial charge in [-0.25, -0.2) is 4.79 Å². The van der Waals surface area contributed by atoms with Gasteiger partial charge in [0.15, 0.2) is 28.8 Å². The van der Waals surface area contributed by atoms with Crippen LogP contribution in [0.2, 0.25) is 0 Å². The number of esters is 1. The van der Waals surface area contributed by atoms with E-state index >= 15 is 0 Å². The molecular weight excluding hydrogens is 498 g/mol. The molecule has 0 spiro atoms. The van der Waals surface area contributed by atoms with Gasteiger partial charge in [0.05, 0.1) is 33.0 Å². The van der Waals surface area contributed by atoms with Crippen molar-refractivity contribution in [2.24, 2.45) is 5.92 Å². The number of rotatable bonds is 9. The standard InChI is InChI=1S/C31H37NO7/c1-7-38-26-15-20(8-10-23(26)33)29-28(31(35)39-16-17(2)3)18(4)32-22-12-21(13-24(34)30(22)29)19-9-11-25(36-5)27(14-19)37-6/h8-11,14-15,17,21,29,32-33H,7,12-13,16H2,1-6H3/t21-,29-/m1/s1. The van der Waals surface area contributed by atoms with Gasteiger partial charge in [-0.1, -0.05) is 26.0 Å². The Morgan fingerprint density at radius 2 is 1.72 bits per heavy atom. The Labute approximate surface area is 229 Å². The summed E-state index contributed by atoms with van der Waals surface area (Å²) in [5, 5.41) is 13.7. The number of carbonyl (C=O) groups excluding carboxylic acids is 2. The Morgan fingerprint density at radius 3 is 2.38 bits per heavy atom. The Balaban J connectivity index is 1.79. The fourth-order valence-electron chi connectivity index (χ4n) is 5.29. The fourth-order valence-corrected chi connectivity index (χ4v) is 5.29. The zero-order valence-corrected chi connectivity index (χ0v) is 23.4. The summed E-state index contributed by atoms with van der Waals surface area (Å²) >= 11 is 0. The molecule has 0 saturated carbocycles. The molecule has 8 heteroatoms. The maximum absolute atomic E-state index is 13.9. The van der Waals surface area contributed by atoms with Crippen molar-refractivity contribution in [3.63, 3.8) is 0 Å². The number of hydrogen-bond acceptors (Lipinski definition) is 8. The van der Waals surface area contributed by atoms with Crippen LogP contribution < -0.4 is 19.5 Å². The number of methoxy groups -OCH3 is 2. The Bertz CT molecular complexity index is 1320. The van der Waals surface area contributed by atoms with Crippen LogP contribution in [0.3, 0.4) is 0 Å². The molecular formula is C31H37NO7. The molecule has 0 amide bonds. The van der Waals surface area contributed by atoms with Gasteiger partial charge in [0.2, 0.25) is 0 Å². The summed E-state index contributed by atoms with van der Waals surface area (Å²) in [6, 6.07) is 10.7. The number of dihydropyridines is 1. The molecule has 1 aliphatic carbocycles. The van der Waals surface area contributed by atoms with Crippen molar-refractivity contribution in [2.75, 3.05) is 27.4 Å². The summed E-state index contributed by atoms with van der Waals surface area (Å²) in [5.41, 5.74) is 4.00. The first kappa shape index (κ1) is 28.1. The van der Waals surface area contributed by atoms with Crippen LogP contribution >= 0.6 is 0 Å². The van der Waals surface area contributed by atoms with E-state index in [1.165, 1.54) is 6.07 Å². The number of phenolic OH excluding ortho intramolecular Hbond substituents is 1. The Hall–Kier alpha value is -3.94. The van der Waals surface area contributed by atoms with Crippen LogP contribution in [0.4, 0.5) is 0 Å². The minimum absolute atomic E-state index is 0.00291. The topological polar surface area (TPSA) is 103 Å². The minimum Gasteiger partial charge on any atom is -0.504 e. The van der Waals surface area contributed by atoms with Crippen LogP contribution in [0, 0.1) is 5.92 Å². The van der Waals surface area contributed by atoms with Crippen molar-refractivity contribution in [1.29, 1.82) is 0 Å². The second kappa shape index (κ2) is 11.8. The van der Waals surface area contributed by atoms with Crippen LogP contribution in [-0.2, 0) is 14.3 Å². The lowest BCUT2D eigenvalue weighted by molar-refractivity contribution is -0.140. The van der Waals surface area contributed by atoms with E-state index in [1.54, 1.807) is 26.4 Å². The SMILES string of the molecule is CCOc1cc([C@@H]2C(C(=O)OCC(C)C)=C(C)NC3=C2C(=O)C[C@H](c2ccc(OC)c(OC)c2)C3)ccc1O. The first-order valence-electron chi connectivity index (χ1n) is 13.3. The Kier molecular flexibility index (Phi) is 8.53. The predicted molar refractivity (Wildman–Crippen MR) is 147 cm³/mol. The molecule has 4 rings (SSSR count). The average Bonchev–Trinajstić information content (AvgIpc) is 2.91. The van der Waals surface area contributed by atoms with Crippen molar-refractivity contribution in [1.82, 2.24) is 5.32 Å². The molecule has 1 aliphatic heterocycles. The van der Waals surface area contributed by atoms with Gasteiger partial charge in [0.25, 0.3) is 0 Å². The normalized spacial score (nSPS) is 19.0. The van der Waals surface area contributed by atoms with E-state index in [4.69, 9.17) is 18.9 Å². The summed E-state index contributed by atoms with van der Waals surface area (Å²) < 4.78 is 22.1. The number of benzene rings is 2. The van der Waals surface area contributed by atoms with Gasteiger partial charge in [0, 0.05) is 29.3 Å². The average molecular weight is 536 g/mol. The highest BCUT2D eigenvalue weighted by Crippen LogP contribution is 2.47. The van der Waals surface area contributed by atoms with Crippen LogP contribution in [0.15, 0.2) is 58.9 Å². The zero-order valence-electron chi connectivity index (χ0n) is 23.4. The van der Waals surface area contributed by atoms with Gasteiger partial charge in [-0.05, 0) is 67.5 Å². The molecule has 0 saturated heterocycles. The molecule has 0 radical (unpaired) electrons. The smallest absolute Gasteiger partial charge is 0.336 e. The number of nitrogens with one attached hydrogen (secondary N) is 1. The van der Waals surface area contributed by atoms with E-state index in [0.29, 0.717) is 52.7 Å². The van der Waals surface area contributed by atoms with Crippen molar-refractivity contribution >= 4 is 11.8 Å². The van der Waals surface area contributed by atoms with Gasteiger partial charge in [-0.15, -0.1) is 0 Å². The second-order valence-electron chi connectivity index (χ2n) is 10.3. The van der Waals surface area contributed by atoms with Crippen molar-refractivity contribution in [2.45, 2.75) is 52.4 Å². The minimum atomic E-state index is -0.653. The van der Waals surface area contributed by atoms with Crippen molar-refractivity contribution in [3.8, 4) is 23.0 Å². The largest absolute Gasteiger partial charge is 0.504 e. The van der Waals surface area contributed by atoms with E-state index in [1.807, 2.05) is 45.9 Å². The first-order valence-corrected chi connectivity index (χ1v) is 13.3. The van der Waals surface area contributed by atoms with Gasteiger partial charge >= 0.3 is 5.97 Å².